The Kier molecular flexibility index (Phi) is 8.08. The van der Waals surface area contributed by atoms with Gasteiger partial charge in [0.25, 0.3) is 0 Å². The molecular weight excluding hydrogens is 456 g/mol. The Labute approximate surface area is 199 Å². The SMILES string of the molecule is CCOC(=O)C1=C(CNCCc2ccc(S(N)(=O)=O)cc2)NC(=O)NC1c1cc(C)ccc1C. The molecule has 2 aromatic rings. The lowest BCUT2D eigenvalue weighted by Crippen LogP contribution is -2.48. The minimum atomic E-state index is -3.73. The number of rotatable bonds is 9. The van der Waals surface area contributed by atoms with Crippen LogP contribution in [0.1, 0.15) is 35.2 Å². The number of hydrogen-bond donors (Lipinski definition) is 4. The number of carbonyl (C=O) groups excluding carboxylic acids is 2. The van der Waals surface area contributed by atoms with Crippen molar-refractivity contribution in [2.45, 2.75) is 38.1 Å². The van der Waals surface area contributed by atoms with Crippen molar-refractivity contribution in [3.8, 4) is 0 Å². The molecule has 3 rings (SSSR count). The maximum atomic E-state index is 12.9. The van der Waals surface area contributed by atoms with Gasteiger partial charge in [0, 0.05) is 12.2 Å². The van der Waals surface area contributed by atoms with E-state index in [9.17, 15) is 18.0 Å². The van der Waals surface area contributed by atoms with Crippen LogP contribution in [0.4, 0.5) is 4.79 Å². The molecule has 0 saturated carbocycles. The highest BCUT2D eigenvalue weighted by Gasteiger charge is 2.34. The normalized spacial score (nSPS) is 16.1. The molecule has 1 aliphatic heterocycles. The summed E-state index contributed by atoms with van der Waals surface area (Å²) in [5.41, 5.74) is 4.55. The number of sulfonamides is 1. The summed E-state index contributed by atoms with van der Waals surface area (Å²) in [6.07, 6.45) is 0.611. The van der Waals surface area contributed by atoms with Gasteiger partial charge in [0.1, 0.15) is 0 Å². The van der Waals surface area contributed by atoms with E-state index in [4.69, 9.17) is 9.88 Å². The molecule has 0 aromatic heterocycles. The number of ether oxygens (including phenoxy) is 1. The van der Waals surface area contributed by atoms with Gasteiger partial charge in [0.05, 0.1) is 23.1 Å². The van der Waals surface area contributed by atoms with E-state index in [0.29, 0.717) is 24.2 Å². The smallest absolute Gasteiger partial charge is 0.338 e. The Morgan fingerprint density at radius 3 is 2.50 bits per heavy atom. The maximum Gasteiger partial charge on any atom is 0.338 e. The van der Waals surface area contributed by atoms with E-state index < -0.39 is 28.1 Å². The molecule has 0 saturated heterocycles. The summed E-state index contributed by atoms with van der Waals surface area (Å²) in [7, 11) is -3.73. The lowest BCUT2D eigenvalue weighted by Gasteiger charge is -2.30. The molecule has 0 radical (unpaired) electrons. The average molecular weight is 487 g/mol. The molecule has 1 heterocycles. The fraction of sp³-hybridized carbons (Fsp3) is 0.333. The highest BCUT2D eigenvalue weighted by molar-refractivity contribution is 7.89. The Balaban J connectivity index is 1.79. The molecule has 0 bridgehead atoms. The third-order valence-corrected chi connectivity index (χ3v) is 6.47. The van der Waals surface area contributed by atoms with Gasteiger partial charge in [-0.3, -0.25) is 0 Å². The second kappa shape index (κ2) is 10.8. The van der Waals surface area contributed by atoms with Crippen molar-refractivity contribution >= 4 is 22.0 Å². The molecule has 2 amide bonds. The van der Waals surface area contributed by atoms with Crippen molar-refractivity contribution < 1.29 is 22.7 Å². The van der Waals surface area contributed by atoms with Crippen LogP contribution in [0.15, 0.2) is 58.6 Å². The fourth-order valence-corrected chi connectivity index (χ4v) is 4.32. The molecule has 0 fully saturated rings. The van der Waals surface area contributed by atoms with Crippen molar-refractivity contribution in [3.63, 3.8) is 0 Å². The first kappa shape index (κ1) is 25.4. The lowest BCUT2D eigenvalue weighted by molar-refractivity contribution is -0.139. The highest BCUT2D eigenvalue weighted by atomic mass is 32.2. The summed E-state index contributed by atoms with van der Waals surface area (Å²) in [5, 5.41) is 14.0. The molecule has 34 heavy (non-hydrogen) atoms. The number of esters is 1. The van der Waals surface area contributed by atoms with Crippen LogP contribution < -0.4 is 21.1 Å². The Hall–Kier alpha value is -3.21. The van der Waals surface area contributed by atoms with E-state index in [1.165, 1.54) is 12.1 Å². The first-order chi connectivity index (χ1) is 16.1. The van der Waals surface area contributed by atoms with E-state index in [0.717, 1.165) is 22.3 Å². The standard InChI is InChI=1S/C24H30N4O5S/c1-4-33-23(29)21-20(14-26-12-11-17-7-9-18(10-8-17)34(25,31)32)27-24(30)28-22(21)19-13-15(2)5-6-16(19)3/h5-10,13,22,26H,4,11-12,14H2,1-3H3,(H2,25,31,32)(H2,27,28,30). The average Bonchev–Trinajstić information content (AvgIpc) is 2.77. The van der Waals surface area contributed by atoms with Gasteiger partial charge in [-0.1, -0.05) is 35.9 Å². The van der Waals surface area contributed by atoms with Crippen molar-refractivity contribution in [1.82, 2.24) is 16.0 Å². The van der Waals surface area contributed by atoms with Crippen LogP contribution in [-0.4, -0.2) is 40.1 Å². The number of nitrogens with one attached hydrogen (secondary N) is 3. The van der Waals surface area contributed by atoms with Gasteiger partial charge in [-0.15, -0.1) is 0 Å². The van der Waals surface area contributed by atoms with E-state index in [1.807, 2.05) is 32.0 Å². The van der Waals surface area contributed by atoms with Gasteiger partial charge in [-0.05, 0) is 62.6 Å². The molecule has 182 valence electrons. The Morgan fingerprint density at radius 2 is 1.85 bits per heavy atom. The summed E-state index contributed by atoms with van der Waals surface area (Å²) in [4.78, 5) is 25.4. The number of amides is 2. The summed E-state index contributed by atoms with van der Waals surface area (Å²) in [6.45, 7) is 6.62. The van der Waals surface area contributed by atoms with Gasteiger partial charge in [0.15, 0.2) is 0 Å². The third-order valence-electron chi connectivity index (χ3n) is 5.54. The van der Waals surface area contributed by atoms with Crippen molar-refractivity contribution in [3.05, 3.63) is 76.0 Å². The third kappa shape index (κ3) is 6.22. The number of carbonyl (C=O) groups is 2. The number of hydrogen-bond acceptors (Lipinski definition) is 6. The van der Waals surface area contributed by atoms with Crippen LogP contribution in [-0.2, 0) is 26.0 Å². The summed E-state index contributed by atoms with van der Waals surface area (Å²) in [6, 6.07) is 11.2. The molecule has 1 aliphatic rings. The number of nitrogens with two attached hydrogens (primary N) is 1. The second-order valence-corrected chi connectivity index (χ2v) is 9.68. The topological polar surface area (TPSA) is 140 Å². The van der Waals surface area contributed by atoms with Crippen LogP contribution in [0.2, 0.25) is 0 Å². The lowest BCUT2D eigenvalue weighted by atomic mass is 9.91. The van der Waals surface area contributed by atoms with E-state index in [1.54, 1.807) is 19.1 Å². The minimum Gasteiger partial charge on any atom is -0.463 e. The first-order valence-electron chi connectivity index (χ1n) is 11.0. The molecule has 5 N–H and O–H groups in total. The van der Waals surface area contributed by atoms with Crippen LogP contribution in [0.25, 0.3) is 0 Å². The quantitative estimate of drug-likeness (QED) is 0.316. The van der Waals surface area contributed by atoms with Gasteiger partial charge in [-0.2, -0.15) is 0 Å². The first-order valence-corrected chi connectivity index (χ1v) is 12.5. The molecular formula is C24H30N4O5S. The number of primary sulfonamides is 1. The molecule has 2 aromatic carbocycles. The highest BCUT2D eigenvalue weighted by Crippen LogP contribution is 2.30. The molecule has 0 spiro atoms. The number of urea groups is 1. The predicted octanol–water partition coefficient (Wildman–Crippen LogP) is 1.95. The van der Waals surface area contributed by atoms with Crippen molar-refractivity contribution in [1.29, 1.82) is 0 Å². The number of benzene rings is 2. The zero-order valence-corrected chi connectivity index (χ0v) is 20.3. The van der Waals surface area contributed by atoms with E-state index in [2.05, 4.69) is 16.0 Å². The monoisotopic (exact) mass is 486 g/mol. The van der Waals surface area contributed by atoms with Crippen molar-refractivity contribution in [2.75, 3.05) is 19.7 Å². The maximum absolute atomic E-state index is 12.9. The van der Waals surface area contributed by atoms with Crippen LogP contribution in [0.5, 0.6) is 0 Å². The molecule has 1 unspecified atom stereocenters. The minimum absolute atomic E-state index is 0.0587. The van der Waals surface area contributed by atoms with Crippen LogP contribution >= 0.6 is 0 Å². The van der Waals surface area contributed by atoms with Gasteiger partial charge >= 0.3 is 12.0 Å². The molecule has 1 atom stereocenters. The van der Waals surface area contributed by atoms with Gasteiger partial charge < -0.3 is 20.7 Å². The zero-order chi connectivity index (χ0) is 24.9. The zero-order valence-electron chi connectivity index (χ0n) is 19.5. The van der Waals surface area contributed by atoms with Crippen molar-refractivity contribution in [2.24, 2.45) is 5.14 Å². The number of aryl methyl sites for hydroxylation is 2. The largest absolute Gasteiger partial charge is 0.463 e. The molecule has 10 heteroatoms. The van der Waals surface area contributed by atoms with E-state index in [-0.39, 0.29) is 18.0 Å². The molecule has 9 nitrogen and oxygen atoms in total. The second-order valence-electron chi connectivity index (χ2n) is 8.12. The molecule has 0 aliphatic carbocycles. The van der Waals surface area contributed by atoms with Gasteiger partial charge in [0.2, 0.25) is 10.0 Å². The van der Waals surface area contributed by atoms with Crippen LogP contribution in [0.3, 0.4) is 0 Å². The summed E-state index contributed by atoms with van der Waals surface area (Å²) < 4.78 is 28.1. The van der Waals surface area contributed by atoms with E-state index >= 15 is 0 Å². The Bertz CT molecular complexity index is 1210. The fourth-order valence-electron chi connectivity index (χ4n) is 3.80. The summed E-state index contributed by atoms with van der Waals surface area (Å²) >= 11 is 0. The summed E-state index contributed by atoms with van der Waals surface area (Å²) in [5.74, 6) is -0.490. The predicted molar refractivity (Wildman–Crippen MR) is 128 cm³/mol. The van der Waals surface area contributed by atoms with Gasteiger partial charge in [-0.25, -0.2) is 23.1 Å². The van der Waals surface area contributed by atoms with Crippen LogP contribution in [0, 0.1) is 13.8 Å². The Morgan fingerprint density at radius 1 is 1.15 bits per heavy atom.